The average molecular weight is 585 g/mol. The second-order valence-electron chi connectivity index (χ2n) is 10.2. The Bertz CT molecular complexity index is 1130. The van der Waals surface area contributed by atoms with Crippen LogP contribution in [0.25, 0.3) is 0 Å². The monoisotopic (exact) mass is 583 g/mol. The number of hydrogen-bond donors (Lipinski definition) is 2. The van der Waals surface area contributed by atoms with E-state index in [2.05, 4.69) is 31.5 Å². The summed E-state index contributed by atoms with van der Waals surface area (Å²) < 4.78 is 6.33. The Hall–Kier alpha value is -2.95. The normalized spacial score (nSPS) is 20.4. The summed E-state index contributed by atoms with van der Waals surface area (Å²) in [5, 5.41) is 6.22. The highest BCUT2D eigenvalue weighted by atomic mass is 79.9. The second-order valence-corrected chi connectivity index (χ2v) is 11.1. The minimum atomic E-state index is -0.827. The molecule has 2 N–H and O–H groups in total. The molecule has 3 heterocycles. The van der Waals surface area contributed by atoms with Crippen LogP contribution in [0.3, 0.4) is 0 Å². The number of halogens is 1. The topological polar surface area (TPSA) is 94.2 Å². The number of likely N-dealkylation sites (tertiary alicyclic amines) is 1. The third kappa shape index (κ3) is 6.03. The number of benzene rings is 2. The van der Waals surface area contributed by atoms with E-state index >= 15 is 0 Å². The summed E-state index contributed by atoms with van der Waals surface area (Å²) in [5.74, 6) is -0.134. The third-order valence-electron chi connectivity index (χ3n) is 7.74. The molecule has 3 aliphatic rings. The van der Waals surface area contributed by atoms with E-state index < -0.39 is 5.54 Å². The SMILES string of the molecule is O=C(N[C@@H](CCN1CCC2(CC1)NC(=O)N(Cc1ccc(Br)cc1)C2=O)c1ccccc1)N1CCOCC1. The summed E-state index contributed by atoms with van der Waals surface area (Å²) in [6.45, 7) is 4.78. The second kappa shape index (κ2) is 11.8. The van der Waals surface area contributed by atoms with Crippen LogP contribution in [-0.2, 0) is 16.1 Å². The highest BCUT2D eigenvalue weighted by molar-refractivity contribution is 9.10. The highest BCUT2D eigenvalue weighted by Gasteiger charge is 2.52. The van der Waals surface area contributed by atoms with Gasteiger partial charge >= 0.3 is 12.1 Å². The van der Waals surface area contributed by atoms with E-state index in [0.29, 0.717) is 52.2 Å². The van der Waals surface area contributed by atoms with Gasteiger partial charge in [0, 0.05) is 37.2 Å². The van der Waals surface area contributed by atoms with Gasteiger partial charge in [0.25, 0.3) is 5.91 Å². The summed E-state index contributed by atoms with van der Waals surface area (Å²) in [6, 6.07) is 17.2. The molecule has 3 fully saturated rings. The summed E-state index contributed by atoms with van der Waals surface area (Å²) in [6.07, 6.45) is 1.90. The molecular formula is C28H34BrN5O4. The molecule has 1 spiro atoms. The first-order valence-electron chi connectivity index (χ1n) is 13.2. The predicted molar refractivity (Wildman–Crippen MR) is 146 cm³/mol. The van der Waals surface area contributed by atoms with Crippen molar-refractivity contribution in [2.75, 3.05) is 45.9 Å². The van der Waals surface area contributed by atoms with E-state index in [1.165, 1.54) is 4.90 Å². The number of morpholine rings is 1. The van der Waals surface area contributed by atoms with Crippen molar-refractivity contribution in [2.45, 2.75) is 37.4 Å². The molecule has 2 aromatic carbocycles. The van der Waals surface area contributed by atoms with Gasteiger partial charge in [-0.05, 0) is 42.5 Å². The first-order chi connectivity index (χ1) is 18.4. The quantitative estimate of drug-likeness (QED) is 0.486. The lowest BCUT2D eigenvalue weighted by Gasteiger charge is -2.38. The molecule has 0 aromatic heterocycles. The largest absolute Gasteiger partial charge is 0.378 e. The summed E-state index contributed by atoms with van der Waals surface area (Å²) >= 11 is 3.42. The van der Waals surface area contributed by atoms with Crippen LogP contribution < -0.4 is 10.6 Å². The lowest BCUT2D eigenvalue weighted by atomic mass is 9.87. The van der Waals surface area contributed by atoms with Crippen molar-refractivity contribution in [2.24, 2.45) is 0 Å². The fourth-order valence-corrected chi connectivity index (χ4v) is 5.68. The molecule has 0 bridgehead atoms. The van der Waals surface area contributed by atoms with Crippen LogP contribution in [0.1, 0.15) is 36.4 Å². The van der Waals surface area contributed by atoms with Gasteiger partial charge in [-0.2, -0.15) is 0 Å². The van der Waals surface area contributed by atoms with Crippen LogP contribution in [0.15, 0.2) is 59.1 Å². The molecule has 10 heteroatoms. The maximum absolute atomic E-state index is 13.3. The Morgan fingerprint density at radius 1 is 1.00 bits per heavy atom. The number of hydrogen-bond acceptors (Lipinski definition) is 5. The molecule has 2 aromatic rings. The summed E-state index contributed by atoms with van der Waals surface area (Å²) in [4.78, 5) is 44.5. The first kappa shape index (κ1) is 26.6. The molecule has 0 aliphatic carbocycles. The zero-order valence-electron chi connectivity index (χ0n) is 21.4. The fraction of sp³-hybridized carbons (Fsp3) is 0.464. The van der Waals surface area contributed by atoms with Crippen LogP contribution in [0, 0.1) is 0 Å². The van der Waals surface area contributed by atoms with E-state index in [9.17, 15) is 14.4 Å². The molecule has 9 nitrogen and oxygen atoms in total. The number of amides is 5. The molecule has 3 saturated heterocycles. The van der Waals surface area contributed by atoms with Crippen LogP contribution >= 0.6 is 15.9 Å². The van der Waals surface area contributed by atoms with Gasteiger partial charge in [0.1, 0.15) is 5.54 Å². The molecule has 0 saturated carbocycles. The molecule has 3 aliphatic heterocycles. The zero-order chi connectivity index (χ0) is 26.5. The lowest BCUT2D eigenvalue weighted by molar-refractivity contribution is -0.133. The third-order valence-corrected chi connectivity index (χ3v) is 8.27. The van der Waals surface area contributed by atoms with Gasteiger partial charge in [0.05, 0.1) is 25.8 Å². The maximum atomic E-state index is 13.3. The van der Waals surface area contributed by atoms with Gasteiger partial charge in [0.2, 0.25) is 0 Å². The first-order valence-corrected chi connectivity index (χ1v) is 14.0. The van der Waals surface area contributed by atoms with Crippen molar-refractivity contribution in [1.82, 2.24) is 25.3 Å². The molecule has 5 rings (SSSR count). The predicted octanol–water partition coefficient (Wildman–Crippen LogP) is 3.51. The van der Waals surface area contributed by atoms with Gasteiger partial charge in [-0.25, -0.2) is 9.59 Å². The molecule has 202 valence electrons. The number of rotatable bonds is 7. The maximum Gasteiger partial charge on any atom is 0.325 e. The van der Waals surface area contributed by atoms with Crippen LogP contribution in [0.5, 0.6) is 0 Å². The van der Waals surface area contributed by atoms with E-state index in [4.69, 9.17) is 4.74 Å². The van der Waals surface area contributed by atoms with Crippen LogP contribution in [0.4, 0.5) is 9.59 Å². The molecular weight excluding hydrogens is 550 g/mol. The van der Waals surface area contributed by atoms with E-state index in [1.54, 1.807) is 4.90 Å². The van der Waals surface area contributed by atoms with Crippen molar-refractivity contribution in [3.8, 4) is 0 Å². The molecule has 5 amide bonds. The number of piperidine rings is 1. The minimum absolute atomic E-state index is 0.0649. The van der Waals surface area contributed by atoms with E-state index in [-0.39, 0.29) is 30.6 Å². The molecule has 0 radical (unpaired) electrons. The van der Waals surface area contributed by atoms with Gasteiger partial charge < -0.3 is 25.2 Å². The Morgan fingerprint density at radius 3 is 2.37 bits per heavy atom. The Labute approximate surface area is 231 Å². The number of nitrogens with one attached hydrogen (secondary N) is 2. The summed E-state index contributed by atoms with van der Waals surface area (Å²) in [5.41, 5.74) is 1.16. The van der Waals surface area contributed by atoms with E-state index in [0.717, 1.165) is 28.6 Å². The van der Waals surface area contributed by atoms with Crippen molar-refractivity contribution in [3.63, 3.8) is 0 Å². The van der Waals surface area contributed by atoms with Crippen molar-refractivity contribution in [1.29, 1.82) is 0 Å². The van der Waals surface area contributed by atoms with Gasteiger partial charge in [-0.1, -0.05) is 58.4 Å². The summed E-state index contributed by atoms with van der Waals surface area (Å²) in [7, 11) is 0. The number of urea groups is 2. The Kier molecular flexibility index (Phi) is 8.30. The standard InChI is InChI=1S/C28H34BrN5O4/c29-23-8-6-21(7-9-23)20-34-25(35)28(31-27(34)37)11-14-32(15-12-28)13-10-24(22-4-2-1-3-5-22)30-26(36)33-16-18-38-19-17-33/h1-9,24H,10-20H2,(H,30,36)(H,31,37)/t24-/m0/s1. The minimum Gasteiger partial charge on any atom is -0.378 e. The van der Waals surface area contributed by atoms with Crippen molar-refractivity contribution in [3.05, 3.63) is 70.2 Å². The molecule has 0 unspecified atom stereocenters. The van der Waals surface area contributed by atoms with Gasteiger partial charge in [-0.15, -0.1) is 0 Å². The van der Waals surface area contributed by atoms with Crippen LogP contribution in [-0.4, -0.2) is 84.1 Å². The number of imide groups is 1. The van der Waals surface area contributed by atoms with Gasteiger partial charge in [0.15, 0.2) is 0 Å². The Balaban J connectivity index is 1.17. The number of ether oxygens (including phenoxy) is 1. The molecule has 1 atom stereocenters. The van der Waals surface area contributed by atoms with Crippen molar-refractivity contribution < 1.29 is 19.1 Å². The zero-order valence-corrected chi connectivity index (χ0v) is 23.0. The van der Waals surface area contributed by atoms with Crippen molar-refractivity contribution >= 4 is 33.9 Å². The Morgan fingerprint density at radius 2 is 1.68 bits per heavy atom. The van der Waals surface area contributed by atoms with Gasteiger partial charge in [-0.3, -0.25) is 9.69 Å². The number of carbonyl (C=O) groups is 3. The highest BCUT2D eigenvalue weighted by Crippen LogP contribution is 2.31. The fourth-order valence-electron chi connectivity index (χ4n) is 5.42. The molecule has 38 heavy (non-hydrogen) atoms. The number of nitrogens with zero attached hydrogens (tertiary/aromatic N) is 3. The lowest BCUT2D eigenvalue weighted by Crippen LogP contribution is -2.55. The number of carbonyl (C=O) groups excluding carboxylic acids is 3. The average Bonchev–Trinajstić information content (AvgIpc) is 3.17. The van der Waals surface area contributed by atoms with Crippen LogP contribution in [0.2, 0.25) is 0 Å². The van der Waals surface area contributed by atoms with E-state index in [1.807, 2.05) is 54.6 Å². The smallest absolute Gasteiger partial charge is 0.325 e.